The lowest BCUT2D eigenvalue weighted by atomic mass is 9.70. The van der Waals surface area contributed by atoms with E-state index in [-0.39, 0.29) is 16.9 Å². The molecule has 0 bridgehead atoms. The normalized spacial score (nSPS) is 18.5. The summed E-state index contributed by atoms with van der Waals surface area (Å²) in [5, 5.41) is 9.41. The molecule has 1 aliphatic carbocycles. The maximum atomic E-state index is 13.6. The number of nitriles is 1. The number of amides is 1. The number of anilines is 1. The summed E-state index contributed by atoms with van der Waals surface area (Å²) in [5.41, 5.74) is 2.85. The molecule has 31 heavy (non-hydrogen) atoms. The Hall–Kier alpha value is -2.49. The Balaban J connectivity index is 1.68. The van der Waals surface area contributed by atoms with E-state index in [1.165, 1.54) is 6.42 Å². The summed E-state index contributed by atoms with van der Waals surface area (Å²) in [6.45, 7) is 6.52. The summed E-state index contributed by atoms with van der Waals surface area (Å²) in [5.74, 6) is -0.0805. The predicted molar refractivity (Wildman–Crippen MR) is 123 cm³/mol. The average Bonchev–Trinajstić information content (AvgIpc) is 3.05. The Labute approximate surface area is 187 Å². The van der Waals surface area contributed by atoms with E-state index < -0.39 is 11.0 Å². The largest absolute Gasteiger partial charge is 0.307 e. The molecule has 6 heteroatoms. The molecule has 1 N–H and O–H groups in total. The Bertz CT molecular complexity index is 1070. The highest BCUT2D eigenvalue weighted by Gasteiger charge is 2.45. The third-order valence-electron chi connectivity index (χ3n) is 6.20. The van der Waals surface area contributed by atoms with Crippen LogP contribution in [0, 0.1) is 11.3 Å². The molecule has 0 aromatic heterocycles. The molecule has 5 nitrogen and oxygen atoms in total. The van der Waals surface area contributed by atoms with Crippen molar-refractivity contribution in [3.05, 3.63) is 59.2 Å². The fourth-order valence-corrected chi connectivity index (χ4v) is 5.92. The minimum Gasteiger partial charge on any atom is -0.307 e. The lowest BCUT2D eigenvalue weighted by Gasteiger charge is -2.34. The summed E-state index contributed by atoms with van der Waals surface area (Å²) >= 11 is 0. The van der Waals surface area contributed by atoms with Crippen LogP contribution in [0.15, 0.2) is 47.4 Å². The van der Waals surface area contributed by atoms with Crippen molar-refractivity contribution in [3.8, 4) is 6.07 Å². The minimum absolute atomic E-state index is 0.0652. The maximum absolute atomic E-state index is 13.6. The van der Waals surface area contributed by atoms with Gasteiger partial charge in [0.25, 0.3) is 5.91 Å². The summed E-state index contributed by atoms with van der Waals surface area (Å²) in [4.78, 5) is 16.0. The van der Waals surface area contributed by atoms with Gasteiger partial charge in [0, 0.05) is 28.7 Å². The van der Waals surface area contributed by atoms with Crippen LogP contribution in [0.2, 0.25) is 0 Å². The lowest BCUT2D eigenvalue weighted by Crippen LogP contribution is -2.38. The fourth-order valence-electron chi connectivity index (χ4n) is 4.81. The van der Waals surface area contributed by atoms with E-state index >= 15 is 0 Å². The van der Waals surface area contributed by atoms with Gasteiger partial charge in [0.05, 0.1) is 16.5 Å². The van der Waals surface area contributed by atoms with Crippen molar-refractivity contribution >= 4 is 22.6 Å². The molecule has 1 aliphatic heterocycles. The van der Waals surface area contributed by atoms with Gasteiger partial charge in [-0.1, -0.05) is 25.3 Å². The fraction of sp³-hybridized carbons (Fsp3) is 0.440. The zero-order valence-corrected chi connectivity index (χ0v) is 19.2. The first-order valence-electron chi connectivity index (χ1n) is 10.9. The van der Waals surface area contributed by atoms with Crippen LogP contribution in [0.1, 0.15) is 74.4 Å². The van der Waals surface area contributed by atoms with Crippen LogP contribution in [0.25, 0.3) is 0 Å². The highest BCUT2D eigenvalue weighted by molar-refractivity contribution is 7.83. The van der Waals surface area contributed by atoms with Crippen molar-refractivity contribution in [1.82, 2.24) is 4.72 Å². The van der Waals surface area contributed by atoms with Gasteiger partial charge in [-0.05, 0) is 75.6 Å². The van der Waals surface area contributed by atoms with Gasteiger partial charge in [0.2, 0.25) is 0 Å². The highest BCUT2D eigenvalue weighted by atomic mass is 32.2. The predicted octanol–water partition coefficient (Wildman–Crippen LogP) is 4.83. The van der Waals surface area contributed by atoms with Gasteiger partial charge in [0.1, 0.15) is 11.0 Å². The molecule has 1 fully saturated rings. The van der Waals surface area contributed by atoms with Crippen LogP contribution in [0.4, 0.5) is 5.69 Å². The molecule has 1 atom stereocenters. The van der Waals surface area contributed by atoms with E-state index in [0.717, 1.165) is 36.9 Å². The number of nitrogens with one attached hydrogen (secondary N) is 1. The topological polar surface area (TPSA) is 73.2 Å². The number of fused-ring (bicyclic) bond motifs is 2. The van der Waals surface area contributed by atoms with Gasteiger partial charge >= 0.3 is 0 Å². The van der Waals surface area contributed by atoms with Crippen LogP contribution in [-0.2, 0) is 16.4 Å². The monoisotopic (exact) mass is 435 g/mol. The van der Waals surface area contributed by atoms with Crippen molar-refractivity contribution < 1.29 is 9.00 Å². The third kappa shape index (κ3) is 4.30. The molecule has 2 aliphatic rings. The van der Waals surface area contributed by atoms with Crippen LogP contribution >= 0.6 is 0 Å². The first-order valence-corrected chi connectivity index (χ1v) is 12.0. The van der Waals surface area contributed by atoms with Crippen LogP contribution < -0.4 is 9.62 Å². The quantitative estimate of drug-likeness (QED) is 0.750. The third-order valence-corrected chi connectivity index (χ3v) is 7.68. The van der Waals surface area contributed by atoms with Crippen LogP contribution in [-0.4, -0.2) is 22.2 Å². The van der Waals surface area contributed by atoms with Gasteiger partial charge in [-0.3, -0.25) is 4.79 Å². The number of hydrogen-bond donors (Lipinski definition) is 1. The molecular weight excluding hydrogens is 406 g/mol. The second-order valence-electron chi connectivity index (χ2n) is 9.72. The number of carbonyl (C=O) groups is 1. The van der Waals surface area contributed by atoms with E-state index in [4.69, 9.17) is 0 Å². The molecule has 0 saturated heterocycles. The summed E-state index contributed by atoms with van der Waals surface area (Å²) in [6, 6.07) is 15.0. The zero-order valence-electron chi connectivity index (χ0n) is 18.4. The van der Waals surface area contributed by atoms with E-state index in [1.54, 1.807) is 30.3 Å². The van der Waals surface area contributed by atoms with Crippen molar-refractivity contribution in [3.63, 3.8) is 0 Å². The Morgan fingerprint density at radius 3 is 2.55 bits per heavy atom. The number of hydrogen-bond acceptors (Lipinski definition) is 3. The van der Waals surface area contributed by atoms with Gasteiger partial charge in [0.15, 0.2) is 0 Å². The van der Waals surface area contributed by atoms with Gasteiger partial charge in [-0.25, -0.2) is 8.93 Å². The van der Waals surface area contributed by atoms with E-state index in [9.17, 15) is 14.3 Å². The minimum atomic E-state index is -1.40. The average molecular weight is 436 g/mol. The van der Waals surface area contributed by atoms with Crippen molar-refractivity contribution in [1.29, 1.82) is 5.26 Å². The molecule has 1 unspecified atom stereocenters. The first kappa shape index (κ1) is 21.7. The summed E-state index contributed by atoms with van der Waals surface area (Å²) in [7, 11) is -1.40. The standard InChI is InChI=1S/C25H29N3O2S/c1-24(2,3)27-31(30)20-9-7-8-19(15-20)23(29)28-17-25(12-5-4-6-13-25)21-14-18(16-26)10-11-22(21)28/h7-11,14-15,27H,4-6,12-13,17H2,1-3H3. The van der Waals surface area contributed by atoms with Crippen LogP contribution in [0.3, 0.4) is 0 Å². The Morgan fingerprint density at radius 2 is 1.87 bits per heavy atom. The second kappa shape index (κ2) is 8.22. The molecule has 1 heterocycles. The van der Waals surface area contributed by atoms with Crippen molar-refractivity contribution in [2.75, 3.05) is 11.4 Å². The molecule has 2 aromatic carbocycles. The van der Waals surface area contributed by atoms with Gasteiger partial charge in [-0.15, -0.1) is 0 Å². The number of nitrogens with zero attached hydrogens (tertiary/aromatic N) is 2. The van der Waals surface area contributed by atoms with Crippen molar-refractivity contribution in [2.45, 2.75) is 68.7 Å². The SMILES string of the molecule is CC(C)(C)NS(=O)c1cccc(C(=O)N2CC3(CCCCC3)c3cc(C#N)ccc32)c1. The zero-order chi connectivity index (χ0) is 22.2. The van der Waals surface area contributed by atoms with Crippen LogP contribution in [0.5, 0.6) is 0 Å². The molecule has 0 radical (unpaired) electrons. The smallest absolute Gasteiger partial charge is 0.258 e. The van der Waals surface area contributed by atoms with E-state index in [0.29, 0.717) is 22.6 Å². The summed E-state index contributed by atoms with van der Waals surface area (Å²) in [6.07, 6.45) is 5.59. The maximum Gasteiger partial charge on any atom is 0.258 e. The molecular formula is C25H29N3O2S. The molecule has 1 spiro atoms. The second-order valence-corrected chi connectivity index (χ2v) is 10.9. The molecule has 162 valence electrons. The van der Waals surface area contributed by atoms with Gasteiger partial charge < -0.3 is 4.90 Å². The Kier molecular flexibility index (Phi) is 5.76. The molecule has 2 aromatic rings. The Morgan fingerprint density at radius 1 is 1.13 bits per heavy atom. The number of benzene rings is 2. The first-order chi connectivity index (χ1) is 14.7. The van der Waals surface area contributed by atoms with Gasteiger partial charge in [-0.2, -0.15) is 5.26 Å². The van der Waals surface area contributed by atoms with E-state index in [2.05, 4.69) is 10.8 Å². The lowest BCUT2D eigenvalue weighted by molar-refractivity contribution is 0.0982. The highest BCUT2D eigenvalue weighted by Crippen LogP contribution is 2.49. The molecule has 1 saturated carbocycles. The number of carbonyl (C=O) groups excluding carboxylic acids is 1. The molecule has 1 amide bonds. The van der Waals surface area contributed by atoms with Crippen molar-refractivity contribution in [2.24, 2.45) is 0 Å². The number of rotatable bonds is 3. The van der Waals surface area contributed by atoms with E-state index in [1.807, 2.05) is 37.8 Å². The summed E-state index contributed by atoms with van der Waals surface area (Å²) < 4.78 is 15.8. The molecule has 4 rings (SSSR count).